The highest BCUT2D eigenvalue weighted by Gasteiger charge is 2.39. The average Bonchev–Trinajstić information content (AvgIpc) is 3.05. The molecule has 2 aliphatic rings. The van der Waals surface area contributed by atoms with Crippen molar-refractivity contribution >= 4 is 28.9 Å². The summed E-state index contributed by atoms with van der Waals surface area (Å²) in [5.41, 5.74) is 1.83. The van der Waals surface area contributed by atoms with E-state index >= 15 is 0 Å². The summed E-state index contributed by atoms with van der Waals surface area (Å²) < 4.78 is 7.15. The molecule has 0 bridgehead atoms. The molecule has 8 heteroatoms. The van der Waals surface area contributed by atoms with Crippen LogP contribution in [0.15, 0.2) is 29.2 Å². The highest BCUT2D eigenvalue weighted by molar-refractivity contribution is 6.33. The van der Waals surface area contributed by atoms with Gasteiger partial charge in [0.05, 0.1) is 36.3 Å². The summed E-state index contributed by atoms with van der Waals surface area (Å²) in [5.74, 6) is 0. The van der Waals surface area contributed by atoms with E-state index in [0.717, 1.165) is 25.3 Å². The first-order valence-corrected chi connectivity index (χ1v) is 9.32. The number of hydrogen-bond acceptors (Lipinski definition) is 5. The van der Waals surface area contributed by atoms with Crippen LogP contribution < -0.4 is 10.5 Å². The molecule has 2 saturated heterocycles. The van der Waals surface area contributed by atoms with Crippen molar-refractivity contribution in [2.45, 2.75) is 19.1 Å². The van der Waals surface area contributed by atoms with Crippen molar-refractivity contribution in [2.75, 3.05) is 38.2 Å². The molecule has 2 unspecified atom stereocenters. The van der Waals surface area contributed by atoms with Gasteiger partial charge in [-0.25, -0.2) is 0 Å². The molecule has 26 heavy (non-hydrogen) atoms. The molecule has 4 rings (SSSR count). The van der Waals surface area contributed by atoms with Gasteiger partial charge in [0.2, 0.25) is 0 Å². The van der Waals surface area contributed by atoms with Gasteiger partial charge in [0.1, 0.15) is 5.02 Å². The average molecular weight is 395 g/mol. The first-order chi connectivity index (χ1) is 12.5. The molecule has 0 amide bonds. The van der Waals surface area contributed by atoms with Crippen LogP contribution in [-0.2, 0) is 4.74 Å². The molecule has 3 heterocycles. The van der Waals surface area contributed by atoms with Crippen LogP contribution in [-0.4, -0.2) is 60.1 Å². The second kappa shape index (κ2) is 6.85. The Balaban J connectivity index is 1.66. The molecule has 2 aliphatic heterocycles. The van der Waals surface area contributed by atoms with Crippen molar-refractivity contribution in [3.05, 3.63) is 50.4 Å². The largest absolute Gasteiger partial charge is 0.373 e. The van der Waals surface area contributed by atoms with Gasteiger partial charge in [0.15, 0.2) is 0 Å². The lowest BCUT2D eigenvalue weighted by Crippen LogP contribution is -2.48. The maximum Gasteiger partial charge on any atom is 0.292 e. The zero-order valence-electron chi connectivity index (χ0n) is 14.7. The van der Waals surface area contributed by atoms with Crippen LogP contribution in [0, 0.1) is 6.92 Å². The van der Waals surface area contributed by atoms with Crippen molar-refractivity contribution in [3.8, 4) is 5.69 Å². The lowest BCUT2D eigenvalue weighted by atomic mass is 10.1. The molecular weight excluding hydrogens is 375 g/mol. The third-order valence-corrected chi connectivity index (χ3v) is 5.98. The minimum atomic E-state index is -0.353. The summed E-state index contributed by atoms with van der Waals surface area (Å²) in [7, 11) is 2.10. The molecule has 2 fully saturated rings. The van der Waals surface area contributed by atoms with E-state index in [1.165, 1.54) is 4.68 Å². The number of nitrogens with zero attached hydrogens (tertiary/aromatic N) is 4. The Kier molecular flexibility index (Phi) is 4.69. The summed E-state index contributed by atoms with van der Waals surface area (Å²) >= 11 is 12.6. The van der Waals surface area contributed by atoms with Crippen molar-refractivity contribution in [2.24, 2.45) is 0 Å². The number of rotatable bonds is 2. The number of ether oxygens (including phenoxy) is 1. The second-order valence-electron chi connectivity index (χ2n) is 6.86. The van der Waals surface area contributed by atoms with Crippen LogP contribution in [0.25, 0.3) is 5.69 Å². The summed E-state index contributed by atoms with van der Waals surface area (Å²) in [4.78, 5) is 17.2. The number of fused-ring (bicyclic) bond motifs is 1. The molecule has 6 nitrogen and oxygen atoms in total. The lowest BCUT2D eigenvalue weighted by molar-refractivity contribution is -0.0362. The number of hydrogen-bond donors (Lipinski definition) is 0. The van der Waals surface area contributed by atoms with E-state index in [-0.39, 0.29) is 16.7 Å². The van der Waals surface area contributed by atoms with Gasteiger partial charge in [-0.2, -0.15) is 9.78 Å². The fourth-order valence-corrected chi connectivity index (χ4v) is 4.02. The van der Waals surface area contributed by atoms with E-state index in [9.17, 15) is 4.79 Å². The first kappa shape index (κ1) is 17.8. The Morgan fingerprint density at radius 2 is 2.08 bits per heavy atom. The van der Waals surface area contributed by atoms with Crippen LogP contribution in [0.4, 0.5) is 5.69 Å². The van der Waals surface area contributed by atoms with Gasteiger partial charge in [0.25, 0.3) is 5.56 Å². The van der Waals surface area contributed by atoms with Gasteiger partial charge in [-0.1, -0.05) is 29.3 Å². The molecule has 0 spiro atoms. The Hall–Kier alpha value is -1.60. The van der Waals surface area contributed by atoms with Gasteiger partial charge in [-0.05, 0) is 31.7 Å². The van der Waals surface area contributed by atoms with E-state index in [1.807, 2.05) is 13.0 Å². The molecule has 0 radical (unpaired) electrons. The van der Waals surface area contributed by atoms with E-state index in [4.69, 9.17) is 27.9 Å². The molecule has 1 aromatic carbocycles. The second-order valence-corrected chi connectivity index (χ2v) is 7.64. The number of morpholine rings is 1. The standard InChI is InChI=1S/C18H20Cl2N4O2/c1-11-3-4-12(7-13(11)19)24-18(25)17(20)14(8-21-24)23-9-15-16(10-23)26-6-5-22(15)2/h3-4,7-8,15-16H,5-6,9-10H2,1-2H3. The van der Waals surface area contributed by atoms with Crippen molar-refractivity contribution in [3.63, 3.8) is 0 Å². The zero-order chi connectivity index (χ0) is 18.4. The van der Waals surface area contributed by atoms with Gasteiger partial charge < -0.3 is 9.64 Å². The molecule has 138 valence electrons. The number of aromatic nitrogens is 2. The monoisotopic (exact) mass is 394 g/mol. The quantitative estimate of drug-likeness (QED) is 0.782. The topological polar surface area (TPSA) is 50.6 Å². The van der Waals surface area contributed by atoms with E-state index in [1.54, 1.807) is 18.3 Å². The maximum atomic E-state index is 12.8. The van der Waals surface area contributed by atoms with Gasteiger partial charge >= 0.3 is 0 Å². The minimum absolute atomic E-state index is 0.128. The van der Waals surface area contributed by atoms with Crippen LogP contribution >= 0.6 is 23.2 Å². The summed E-state index contributed by atoms with van der Waals surface area (Å²) in [6.07, 6.45) is 1.78. The number of halogens is 2. The Bertz CT molecular complexity index is 901. The fourth-order valence-electron chi connectivity index (χ4n) is 3.60. The van der Waals surface area contributed by atoms with Gasteiger partial charge in [-0.15, -0.1) is 0 Å². The first-order valence-electron chi connectivity index (χ1n) is 8.57. The van der Waals surface area contributed by atoms with Crippen molar-refractivity contribution < 1.29 is 4.74 Å². The third-order valence-electron chi connectivity index (χ3n) is 5.22. The van der Waals surface area contributed by atoms with Crippen LogP contribution in [0.5, 0.6) is 0 Å². The minimum Gasteiger partial charge on any atom is -0.373 e. The van der Waals surface area contributed by atoms with E-state index in [0.29, 0.717) is 29.0 Å². The number of likely N-dealkylation sites (N-methyl/N-ethyl adjacent to an activating group) is 1. The fraction of sp³-hybridized carbons (Fsp3) is 0.444. The molecule has 2 atom stereocenters. The Morgan fingerprint density at radius 3 is 2.81 bits per heavy atom. The van der Waals surface area contributed by atoms with Crippen molar-refractivity contribution in [1.82, 2.24) is 14.7 Å². The van der Waals surface area contributed by atoms with E-state index in [2.05, 4.69) is 21.9 Å². The predicted molar refractivity (Wildman–Crippen MR) is 103 cm³/mol. The molecule has 2 aromatic rings. The smallest absolute Gasteiger partial charge is 0.292 e. The molecular formula is C18H20Cl2N4O2. The summed E-state index contributed by atoms with van der Waals surface area (Å²) in [6.45, 7) is 5.02. The number of aryl methyl sites for hydroxylation is 1. The number of benzene rings is 1. The Morgan fingerprint density at radius 1 is 1.27 bits per heavy atom. The van der Waals surface area contributed by atoms with Gasteiger partial charge in [-0.3, -0.25) is 9.69 Å². The maximum absolute atomic E-state index is 12.8. The van der Waals surface area contributed by atoms with Crippen molar-refractivity contribution in [1.29, 1.82) is 0 Å². The summed E-state index contributed by atoms with van der Waals surface area (Å²) in [5, 5.41) is 5.07. The van der Waals surface area contributed by atoms with Crippen LogP contribution in [0.3, 0.4) is 0 Å². The molecule has 0 saturated carbocycles. The summed E-state index contributed by atoms with van der Waals surface area (Å²) in [6, 6.07) is 5.68. The molecule has 0 N–H and O–H groups in total. The molecule has 1 aromatic heterocycles. The Labute approximate surface area is 161 Å². The van der Waals surface area contributed by atoms with E-state index < -0.39 is 0 Å². The highest BCUT2D eigenvalue weighted by Crippen LogP contribution is 2.30. The van der Waals surface area contributed by atoms with Gasteiger partial charge in [0, 0.05) is 24.7 Å². The lowest BCUT2D eigenvalue weighted by Gasteiger charge is -2.33. The molecule has 0 aliphatic carbocycles. The third kappa shape index (κ3) is 3.01. The van der Waals surface area contributed by atoms with Crippen LogP contribution in [0.2, 0.25) is 10.0 Å². The highest BCUT2D eigenvalue weighted by atomic mass is 35.5. The number of anilines is 1. The van der Waals surface area contributed by atoms with Crippen LogP contribution in [0.1, 0.15) is 5.56 Å². The SMILES string of the molecule is Cc1ccc(-n2ncc(N3CC4OCCN(C)C4C3)c(Cl)c2=O)cc1Cl. The zero-order valence-corrected chi connectivity index (χ0v) is 16.2. The normalized spacial score (nSPS) is 23.3. The predicted octanol–water partition coefficient (Wildman–Crippen LogP) is 2.37.